The molecule has 4 N–H and O–H groups in total. The highest BCUT2D eigenvalue weighted by Gasteiger charge is 2.23. The summed E-state index contributed by atoms with van der Waals surface area (Å²) in [4.78, 5) is 16.0. The third-order valence-corrected chi connectivity index (χ3v) is 3.16. The third-order valence-electron chi connectivity index (χ3n) is 3.16. The summed E-state index contributed by atoms with van der Waals surface area (Å²) in [6.45, 7) is 2.21. The Kier molecular flexibility index (Phi) is 3.58. The van der Waals surface area contributed by atoms with Gasteiger partial charge in [-0.2, -0.15) is 0 Å². The van der Waals surface area contributed by atoms with Gasteiger partial charge in [0.1, 0.15) is 11.5 Å². The van der Waals surface area contributed by atoms with Crippen LogP contribution in [0.25, 0.3) is 0 Å². The van der Waals surface area contributed by atoms with Crippen LogP contribution in [0.15, 0.2) is 18.2 Å². The van der Waals surface area contributed by atoms with Crippen molar-refractivity contribution in [3.63, 3.8) is 0 Å². The first kappa shape index (κ1) is 11.9. The molecule has 1 amide bonds. The van der Waals surface area contributed by atoms with E-state index >= 15 is 0 Å². The zero-order valence-corrected chi connectivity index (χ0v) is 9.94. The summed E-state index contributed by atoms with van der Waals surface area (Å²) >= 11 is 0. The van der Waals surface area contributed by atoms with Gasteiger partial charge in [-0.1, -0.05) is 13.0 Å². The molecule has 1 aliphatic carbocycles. The van der Waals surface area contributed by atoms with Gasteiger partial charge in [0.25, 0.3) is 5.91 Å². The normalized spacial score (nSPS) is 23.4. The minimum Gasteiger partial charge on any atom is -0.348 e. The lowest BCUT2D eigenvalue weighted by Gasteiger charge is -2.12. The Morgan fingerprint density at radius 1 is 1.47 bits per heavy atom. The van der Waals surface area contributed by atoms with Crippen LogP contribution < -0.4 is 16.6 Å². The number of anilines is 1. The number of nitrogens with two attached hydrogens (primary N) is 1. The van der Waals surface area contributed by atoms with Crippen LogP contribution in [0.2, 0.25) is 0 Å². The lowest BCUT2D eigenvalue weighted by Crippen LogP contribution is -2.33. The van der Waals surface area contributed by atoms with Crippen molar-refractivity contribution in [3.05, 3.63) is 23.9 Å². The Labute approximate surface area is 101 Å². The molecule has 1 aromatic heterocycles. The molecular weight excluding hydrogens is 216 g/mol. The second kappa shape index (κ2) is 5.14. The van der Waals surface area contributed by atoms with E-state index in [0.717, 1.165) is 12.8 Å². The number of hydrazine groups is 1. The van der Waals surface area contributed by atoms with Crippen molar-refractivity contribution in [1.82, 2.24) is 10.3 Å². The molecule has 1 aliphatic rings. The molecule has 1 saturated carbocycles. The SMILES string of the molecule is CC1CCC(NC(=O)c2cccc(NN)n2)C1. The third kappa shape index (κ3) is 2.94. The van der Waals surface area contributed by atoms with E-state index in [4.69, 9.17) is 5.84 Å². The average Bonchev–Trinajstić information content (AvgIpc) is 2.75. The Bertz CT molecular complexity index is 407. The number of aromatic nitrogens is 1. The van der Waals surface area contributed by atoms with E-state index in [0.29, 0.717) is 17.4 Å². The monoisotopic (exact) mass is 234 g/mol. The van der Waals surface area contributed by atoms with Gasteiger partial charge in [0, 0.05) is 6.04 Å². The number of carbonyl (C=O) groups is 1. The molecule has 0 bridgehead atoms. The van der Waals surface area contributed by atoms with E-state index in [2.05, 4.69) is 22.7 Å². The van der Waals surface area contributed by atoms with E-state index in [9.17, 15) is 4.79 Å². The molecule has 0 saturated heterocycles. The topological polar surface area (TPSA) is 80.0 Å². The number of hydrogen-bond acceptors (Lipinski definition) is 4. The van der Waals surface area contributed by atoms with Crippen molar-refractivity contribution in [1.29, 1.82) is 0 Å². The maximum Gasteiger partial charge on any atom is 0.270 e. The van der Waals surface area contributed by atoms with Crippen LogP contribution in [0.1, 0.15) is 36.7 Å². The first-order valence-electron chi connectivity index (χ1n) is 5.93. The molecule has 1 heterocycles. The first-order chi connectivity index (χ1) is 8.19. The van der Waals surface area contributed by atoms with E-state index < -0.39 is 0 Å². The lowest BCUT2D eigenvalue weighted by atomic mass is 10.1. The number of nitrogen functional groups attached to an aromatic ring is 1. The summed E-state index contributed by atoms with van der Waals surface area (Å²) < 4.78 is 0. The predicted octanol–water partition coefficient (Wildman–Crippen LogP) is 1.29. The van der Waals surface area contributed by atoms with Crippen LogP contribution in [0, 0.1) is 5.92 Å². The van der Waals surface area contributed by atoms with Gasteiger partial charge in [-0.15, -0.1) is 0 Å². The minimum atomic E-state index is -0.124. The van der Waals surface area contributed by atoms with Crippen LogP contribution in [0.5, 0.6) is 0 Å². The van der Waals surface area contributed by atoms with Crippen LogP contribution in [0.4, 0.5) is 5.82 Å². The number of hydrogen-bond donors (Lipinski definition) is 3. The summed E-state index contributed by atoms with van der Waals surface area (Å²) in [6.07, 6.45) is 3.30. The highest BCUT2D eigenvalue weighted by atomic mass is 16.1. The molecule has 2 atom stereocenters. The average molecular weight is 234 g/mol. The second-order valence-electron chi connectivity index (χ2n) is 4.64. The lowest BCUT2D eigenvalue weighted by molar-refractivity contribution is 0.0932. The van der Waals surface area contributed by atoms with Gasteiger partial charge in [0.05, 0.1) is 0 Å². The largest absolute Gasteiger partial charge is 0.348 e. The Hall–Kier alpha value is -1.62. The fourth-order valence-corrected chi connectivity index (χ4v) is 2.24. The first-order valence-corrected chi connectivity index (χ1v) is 5.93. The molecule has 0 spiro atoms. The van der Waals surface area contributed by atoms with Crippen molar-refractivity contribution in [2.45, 2.75) is 32.2 Å². The number of rotatable bonds is 3. The molecule has 92 valence electrons. The molecular formula is C12H18N4O. The Morgan fingerprint density at radius 3 is 2.94 bits per heavy atom. The van der Waals surface area contributed by atoms with Crippen molar-refractivity contribution in [2.24, 2.45) is 11.8 Å². The van der Waals surface area contributed by atoms with E-state index in [1.165, 1.54) is 6.42 Å². The second-order valence-corrected chi connectivity index (χ2v) is 4.64. The van der Waals surface area contributed by atoms with E-state index in [1.54, 1.807) is 18.2 Å². The van der Waals surface area contributed by atoms with E-state index in [1.807, 2.05) is 0 Å². The standard InChI is InChI=1S/C12H18N4O/c1-8-5-6-9(7-8)14-12(17)10-3-2-4-11(15-10)16-13/h2-4,8-9H,5-7,13H2,1H3,(H,14,17)(H,15,16). The number of pyridine rings is 1. The van der Waals surface area contributed by atoms with Crippen LogP contribution >= 0.6 is 0 Å². The maximum absolute atomic E-state index is 11.9. The van der Waals surface area contributed by atoms with Crippen LogP contribution in [-0.2, 0) is 0 Å². The quantitative estimate of drug-likeness (QED) is 0.544. The van der Waals surface area contributed by atoms with Crippen molar-refractivity contribution < 1.29 is 4.79 Å². The van der Waals surface area contributed by atoms with Crippen molar-refractivity contribution in [3.8, 4) is 0 Å². The highest BCUT2D eigenvalue weighted by Crippen LogP contribution is 2.24. The number of carbonyl (C=O) groups excluding carboxylic acids is 1. The van der Waals surface area contributed by atoms with Crippen molar-refractivity contribution in [2.75, 3.05) is 5.43 Å². The highest BCUT2D eigenvalue weighted by molar-refractivity contribution is 5.92. The van der Waals surface area contributed by atoms with Gasteiger partial charge >= 0.3 is 0 Å². The minimum absolute atomic E-state index is 0.124. The summed E-state index contributed by atoms with van der Waals surface area (Å²) in [5.74, 6) is 6.33. The van der Waals surface area contributed by atoms with Gasteiger partial charge in [0.2, 0.25) is 0 Å². The van der Waals surface area contributed by atoms with Gasteiger partial charge in [-0.25, -0.2) is 10.8 Å². The molecule has 0 aliphatic heterocycles. The molecule has 1 aromatic rings. The van der Waals surface area contributed by atoms with Gasteiger partial charge in [-0.3, -0.25) is 4.79 Å². The number of nitrogens with zero attached hydrogens (tertiary/aromatic N) is 1. The van der Waals surface area contributed by atoms with Gasteiger partial charge < -0.3 is 10.7 Å². The summed E-state index contributed by atoms with van der Waals surface area (Å²) in [6, 6.07) is 5.45. The summed E-state index contributed by atoms with van der Waals surface area (Å²) in [5.41, 5.74) is 2.83. The maximum atomic E-state index is 11.9. The summed E-state index contributed by atoms with van der Waals surface area (Å²) in [5, 5.41) is 3.01. The fourth-order valence-electron chi connectivity index (χ4n) is 2.24. The molecule has 0 aromatic carbocycles. The molecule has 2 rings (SSSR count). The fraction of sp³-hybridized carbons (Fsp3) is 0.500. The zero-order valence-electron chi connectivity index (χ0n) is 9.94. The molecule has 2 unspecified atom stereocenters. The molecule has 17 heavy (non-hydrogen) atoms. The van der Waals surface area contributed by atoms with Gasteiger partial charge in [-0.05, 0) is 37.3 Å². The van der Waals surface area contributed by atoms with Gasteiger partial charge in [0.15, 0.2) is 0 Å². The molecule has 5 heteroatoms. The molecule has 5 nitrogen and oxygen atoms in total. The molecule has 0 radical (unpaired) electrons. The summed E-state index contributed by atoms with van der Waals surface area (Å²) in [7, 11) is 0. The zero-order chi connectivity index (χ0) is 12.3. The number of amides is 1. The number of nitrogens with one attached hydrogen (secondary N) is 2. The Balaban J connectivity index is 1.99. The van der Waals surface area contributed by atoms with E-state index in [-0.39, 0.29) is 11.9 Å². The van der Waals surface area contributed by atoms with Crippen LogP contribution in [0.3, 0.4) is 0 Å². The predicted molar refractivity (Wildman–Crippen MR) is 66.3 cm³/mol. The van der Waals surface area contributed by atoms with Crippen LogP contribution in [-0.4, -0.2) is 16.9 Å². The smallest absolute Gasteiger partial charge is 0.270 e. The Morgan fingerprint density at radius 2 is 2.29 bits per heavy atom. The van der Waals surface area contributed by atoms with Crippen molar-refractivity contribution >= 4 is 11.7 Å². The molecule has 1 fully saturated rings.